The summed E-state index contributed by atoms with van der Waals surface area (Å²) in [5, 5.41) is 2.09. The van der Waals surface area contributed by atoms with Crippen LogP contribution >= 0.6 is 11.6 Å². The molecule has 6 nitrogen and oxygen atoms in total. The predicted molar refractivity (Wildman–Crippen MR) is 83.5 cm³/mol. The lowest BCUT2D eigenvalue weighted by Crippen LogP contribution is -2.41. The highest BCUT2D eigenvalue weighted by Gasteiger charge is 2.37. The van der Waals surface area contributed by atoms with Gasteiger partial charge in [0.05, 0.1) is 43.6 Å². The van der Waals surface area contributed by atoms with Crippen LogP contribution in [-0.4, -0.2) is 51.5 Å². The Morgan fingerprint density at radius 2 is 1.95 bits per heavy atom. The molecule has 1 aromatic carbocycles. The van der Waals surface area contributed by atoms with Gasteiger partial charge in [0.15, 0.2) is 21.3 Å². The molecular formula is C14H18ClNO5S. The van der Waals surface area contributed by atoms with Crippen LogP contribution in [0.15, 0.2) is 18.2 Å². The third kappa shape index (κ3) is 4.04. The number of halogens is 1. The van der Waals surface area contributed by atoms with Gasteiger partial charge in [-0.15, -0.1) is 11.6 Å². The van der Waals surface area contributed by atoms with Crippen LogP contribution in [-0.2, 0) is 21.1 Å². The predicted octanol–water partition coefficient (Wildman–Crippen LogP) is 0.767. The quantitative estimate of drug-likeness (QED) is 0.795. The highest BCUT2D eigenvalue weighted by atomic mass is 35.5. The van der Waals surface area contributed by atoms with Gasteiger partial charge in [-0.2, -0.15) is 0 Å². The number of amides is 1. The Labute approximate surface area is 134 Å². The molecule has 122 valence electrons. The molecule has 1 saturated heterocycles. The van der Waals surface area contributed by atoms with E-state index in [-0.39, 0.29) is 23.8 Å². The number of alkyl halides is 1. The van der Waals surface area contributed by atoms with Crippen LogP contribution in [0.1, 0.15) is 5.56 Å². The van der Waals surface area contributed by atoms with Crippen LogP contribution in [0.3, 0.4) is 0 Å². The van der Waals surface area contributed by atoms with Crippen LogP contribution in [0.25, 0.3) is 0 Å². The Bertz CT molecular complexity index is 661. The topological polar surface area (TPSA) is 81.7 Å². The highest BCUT2D eigenvalue weighted by Crippen LogP contribution is 2.27. The number of ether oxygens (including phenoxy) is 2. The minimum atomic E-state index is -3.17. The molecule has 0 saturated carbocycles. The van der Waals surface area contributed by atoms with Crippen LogP contribution < -0.4 is 14.8 Å². The Morgan fingerprint density at radius 1 is 1.27 bits per heavy atom. The van der Waals surface area contributed by atoms with Crippen molar-refractivity contribution in [3.8, 4) is 11.5 Å². The third-order valence-corrected chi connectivity index (χ3v) is 5.82. The van der Waals surface area contributed by atoms with Crippen molar-refractivity contribution >= 4 is 27.3 Å². The van der Waals surface area contributed by atoms with E-state index in [1.54, 1.807) is 18.2 Å². The largest absolute Gasteiger partial charge is 0.493 e. The molecule has 0 bridgehead atoms. The van der Waals surface area contributed by atoms with E-state index in [9.17, 15) is 13.2 Å². The molecule has 0 spiro atoms. The monoisotopic (exact) mass is 347 g/mol. The van der Waals surface area contributed by atoms with Crippen molar-refractivity contribution < 1.29 is 22.7 Å². The van der Waals surface area contributed by atoms with E-state index in [1.807, 2.05) is 0 Å². The van der Waals surface area contributed by atoms with Gasteiger partial charge in [0.25, 0.3) is 0 Å². The molecule has 0 aromatic heterocycles. The summed E-state index contributed by atoms with van der Waals surface area (Å²) in [5.74, 6) is 0.620. The summed E-state index contributed by atoms with van der Waals surface area (Å²) in [6.45, 7) is 0. The smallest absolute Gasteiger partial charge is 0.224 e. The van der Waals surface area contributed by atoms with E-state index in [0.717, 1.165) is 5.56 Å². The van der Waals surface area contributed by atoms with Crippen LogP contribution in [0.5, 0.6) is 11.5 Å². The molecule has 2 atom stereocenters. The number of carbonyl (C=O) groups excluding carboxylic acids is 1. The summed E-state index contributed by atoms with van der Waals surface area (Å²) in [5.41, 5.74) is 0.738. The fourth-order valence-electron chi connectivity index (χ4n) is 2.37. The average molecular weight is 348 g/mol. The Balaban J connectivity index is 2.01. The lowest BCUT2D eigenvalue weighted by molar-refractivity contribution is -0.120. The summed E-state index contributed by atoms with van der Waals surface area (Å²) in [4.78, 5) is 12.0. The number of hydrogen-bond donors (Lipinski definition) is 1. The lowest BCUT2D eigenvalue weighted by atomic mass is 10.1. The van der Waals surface area contributed by atoms with Crippen molar-refractivity contribution in [2.75, 3.05) is 25.7 Å². The molecule has 0 unspecified atom stereocenters. The number of rotatable bonds is 5. The maximum absolute atomic E-state index is 12.0. The summed E-state index contributed by atoms with van der Waals surface area (Å²) >= 11 is 5.97. The Hall–Kier alpha value is -1.47. The van der Waals surface area contributed by atoms with Crippen molar-refractivity contribution in [3.63, 3.8) is 0 Å². The van der Waals surface area contributed by atoms with Crippen LogP contribution in [0.4, 0.5) is 0 Å². The van der Waals surface area contributed by atoms with Crippen molar-refractivity contribution in [3.05, 3.63) is 23.8 Å². The fourth-order valence-corrected chi connectivity index (χ4v) is 4.92. The second kappa shape index (κ2) is 6.75. The van der Waals surface area contributed by atoms with E-state index < -0.39 is 21.3 Å². The minimum Gasteiger partial charge on any atom is -0.493 e. The summed E-state index contributed by atoms with van der Waals surface area (Å²) in [6.07, 6.45) is 0.112. The SMILES string of the molecule is COc1ccc(CC(=O)N[C@@H]2CS(=O)(=O)C[C@@H]2Cl)cc1OC. The highest BCUT2D eigenvalue weighted by molar-refractivity contribution is 7.91. The second-order valence-electron chi connectivity index (χ2n) is 5.13. The van der Waals surface area contributed by atoms with E-state index in [1.165, 1.54) is 14.2 Å². The van der Waals surface area contributed by atoms with Crippen molar-refractivity contribution in [1.29, 1.82) is 0 Å². The molecule has 1 aliphatic rings. The van der Waals surface area contributed by atoms with E-state index in [4.69, 9.17) is 21.1 Å². The standard InChI is InChI=1S/C14H18ClNO5S/c1-20-12-4-3-9(5-13(12)21-2)6-14(17)16-11-8-22(18,19)7-10(11)15/h3-5,10-11H,6-8H2,1-2H3,(H,16,17)/t10-,11+/m0/s1. The van der Waals surface area contributed by atoms with E-state index >= 15 is 0 Å². The van der Waals surface area contributed by atoms with Crippen molar-refractivity contribution in [2.45, 2.75) is 17.8 Å². The Morgan fingerprint density at radius 3 is 2.50 bits per heavy atom. The normalized spacial score (nSPS) is 23.0. The van der Waals surface area contributed by atoms with Crippen molar-refractivity contribution in [2.24, 2.45) is 0 Å². The van der Waals surface area contributed by atoms with Crippen LogP contribution in [0.2, 0.25) is 0 Å². The van der Waals surface area contributed by atoms with Crippen molar-refractivity contribution in [1.82, 2.24) is 5.32 Å². The number of nitrogens with one attached hydrogen (secondary N) is 1. The molecule has 1 N–H and O–H groups in total. The molecule has 22 heavy (non-hydrogen) atoms. The molecule has 1 heterocycles. The first-order valence-corrected chi connectivity index (χ1v) is 8.95. The van der Waals surface area contributed by atoms with Gasteiger partial charge in [-0.25, -0.2) is 8.42 Å². The average Bonchev–Trinajstić information content (AvgIpc) is 2.70. The zero-order valence-electron chi connectivity index (χ0n) is 12.3. The number of benzene rings is 1. The molecule has 1 aliphatic heterocycles. The van der Waals surface area contributed by atoms with Gasteiger partial charge in [-0.05, 0) is 17.7 Å². The Kier molecular flexibility index (Phi) is 5.18. The fraction of sp³-hybridized carbons (Fsp3) is 0.500. The number of carbonyl (C=O) groups is 1. The van der Waals surface area contributed by atoms with Gasteiger partial charge in [-0.3, -0.25) is 4.79 Å². The zero-order valence-corrected chi connectivity index (χ0v) is 13.9. The van der Waals surface area contributed by atoms with Gasteiger partial charge in [0.1, 0.15) is 0 Å². The van der Waals surface area contributed by atoms with Crippen LogP contribution in [0, 0.1) is 0 Å². The molecule has 1 aromatic rings. The first-order chi connectivity index (χ1) is 10.3. The van der Waals surface area contributed by atoms with Gasteiger partial charge in [0, 0.05) is 0 Å². The molecular weight excluding hydrogens is 330 g/mol. The first kappa shape index (κ1) is 16.9. The van der Waals surface area contributed by atoms with Gasteiger partial charge in [0.2, 0.25) is 5.91 Å². The summed E-state index contributed by atoms with van der Waals surface area (Å²) in [7, 11) is -0.116. The molecule has 1 amide bonds. The zero-order chi connectivity index (χ0) is 16.3. The van der Waals surface area contributed by atoms with Gasteiger partial charge < -0.3 is 14.8 Å². The molecule has 8 heteroatoms. The van der Waals surface area contributed by atoms with E-state index in [0.29, 0.717) is 11.5 Å². The molecule has 1 fully saturated rings. The van der Waals surface area contributed by atoms with E-state index in [2.05, 4.69) is 5.32 Å². The molecule has 2 rings (SSSR count). The van der Waals surface area contributed by atoms with Gasteiger partial charge in [-0.1, -0.05) is 6.07 Å². The number of hydrogen-bond acceptors (Lipinski definition) is 5. The summed E-state index contributed by atoms with van der Waals surface area (Å²) < 4.78 is 33.3. The molecule has 0 aliphatic carbocycles. The van der Waals surface area contributed by atoms with Gasteiger partial charge >= 0.3 is 0 Å². The lowest BCUT2D eigenvalue weighted by Gasteiger charge is -2.15. The maximum Gasteiger partial charge on any atom is 0.224 e. The number of methoxy groups -OCH3 is 2. The second-order valence-corrected chi connectivity index (χ2v) is 7.85. The minimum absolute atomic E-state index is 0.101. The summed E-state index contributed by atoms with van der Waals surface area (Å²) in [6, 6.07) is 4.64. The maximum atomic E-state index is 12.0. The number of sulfone groups is 1. The first-order valence-electron chi connectivity index (χ1n) is 6.69. The third-order valence-electron chi connectivity index (χ3n) is 3.44. The molecule has 0 radical (unpaired) electrons.